The summed E-state index contributed by atoms with van der Waals surface area (Å²) < 4.78 is 23.9. The Labute approximate surface area is 124 Å². The van der Waals surface area contributed by atoms with E-state index in [1.807, 2.05) is 0 Å². The van der Waals surface area contributed by atoms with Gasteiger partial charge in [-0.15, -0.1) is 0 Å². The van der Waals surface area contributed by atoms with E-state index in [-0.39, 0.29) is 12.3 Å². The summed E-state index contributed by atoms with van der Waals surface area (Å²) in [5.74, 6) is -0.282. The third kappa shape index (κ3) is 5.99. The molecule has 0 fully saturated rings. The quantitative estimate of drug-likeness (QED) is 0.876. The molecule has 5 nitrogen and oxygen atoms in total. The van der Waals surface area contributed by atoms with Crippen LogP contribution in [0.5, 0.6) is 5.75 Å². The van der Waals surface area contributed by atoms with Gasteiger partial charge in [-0.2, -0.15) is 0 Å². The Kier molecular flexibility index (Phi) is 5.96. The Balaban J connectivity index is 2.58. The van der Waals surface area contributed by atoms with Crippen molar-refractivity contribution >= 4 is 6.09 Å². The van der Waals surface area contributed by atoms with E-state index in [4.69, 9.17) is 15.2 Å². The molecule has 1 aromatic rings. The van der Waals surface area contributed by atoms with Crippen LogP contribution in [-0.2, 0) is 4.74 Å². The van der Waals surface area contributed by atoms with Gasteiger partial charge in [0.2, 0.25) is 0 Å². The molecule has 0 aromatic heterocycles. The molecule has 21 heavy (non-hydrogen) atoms. The van der Waals surface area contributed by atoms with Crippen molar-refractivity contribution in [3.05, 3.63) is 29.6 Å². The molecule has 1 amide bonds. The van der Waals surface area contributed by atoms with Gasteiger partial charge in [-0.3, -0.25) is 0 Å². The van der Waals surface area contributed by atoms with Crippen molar-refractivity contribution in [2.24, 2.45) is 5.73 Å². The van der Waals surface area contributed by atoms with Crippen molar-refractivity contribution in [2.45, 2.75) is 39.3 Å². The lowest BCUT2D eigenvalue weighted by Gasteiger charge is -2.21. The molecule has 1 aromatic carbocycles. The van der Waals surface area contributed by atoms with Gasteiger partial charge < -0.3 is 20.5 Å². The Hall–Kier alpha value is -1.82. The Morgan fingerprint density at radius 3 is 2.62 bits per heavy atom. The Bertz CT molecular complexity index is 486. The molecular formula is C15H23FN2O3. The maximum Gasteiger partial charge on any atom is 0.407 e. The van der Waals surface area contributed by atoms with Crippen molar-refractivity contribution in [3.63, 3.8) is 0 Å². The minimum atomic E-state index is -0.570. The normalized spacial score (nSPS) is 12.7. The molecule has 0 bridgehead atoms. The molecule has 0 radical (unpaired) electrons. The van der Waals surface area contributed by atoms with Gasteiger partial charge in [0.05, 0.1) is 6.61 Å². The first-order chi connectivity index (χ1) is 9.73. The first kappa shape index (κ1) is 17.2. The van der Waals surface area contributed by atoms with Crippen LogP contribution in [0.3, 0.4) is 0 Å². The maximum absolute atomic E-state index is 13.7. The summed E-state index contributed by atoms with van der Waals surface area (Å²) in [6.07, 6.45) is -0.552. The van der Waals surface area contributed by atoms with Gasteiger partial charge in [0.25, 0.3) is 0 Å². The highest BCUT2D eigenvalue weighted by molar-refractivity contribution is 5.67. The van der Waals surface area contributed by atoms with Crippen LogP contribution in [0.2, 0.25) is 0 Å². The summed E-state index contributed by atoms with van der Waals surface area (Å²) in [5.41, 5.74) is 5.93. The molecule has 0 heterocycles. The number of alkyl carbamates (subject to hydrolysis) is 1. The standard InChI is InChI=1S/C15H23FN2O3/c1-5-20-13-7-6-10(8-11(13)16)12(17)9-18-14(19)21-15(2,3)4/h6-8,12H,5,9,17H2,1-4H3,(H,18,19). The molecule has 118 valence electrons. The lowest BCUT2D eigenvalue weighted by atomic mass is 10.1. The van der Waals surface area contributed by atoms with E-state index in [9.17, 15) is 9.18 Å². The van der Waals surface area contributed by atoms with Crippen LogP contribution < -0.4 is 15.8 Å². The van der Waals surface area contributed by atoms with Gasteiger partial charge in [0.1, 0.15) is 5.60 Å². The summed E-state index contributed by atoms with van der Waals surface area (Å²) in [5, 5.41) is 2.56. The van der Waals surface area contributed by atoms with Crippen LogP contribution in [0.15, 0.2) is 18.2 Å². The Morgan fingerprint density at radius 1 is 1.43 bits per heavy atom. The molecule has 1 atom stereocenters. The van der Waals surface area contributed by atoms with Gasteiger partial charge in [-0.1, -0.05) is 6.07 Å². The third-order valence-corrected chi connectivity index (χ3v) is 2.55. The van der Waals surface area contributed by atoms with E-state index in [2.05, 4.69) is 5.32 Å². The number of carbonyl (C=O) groups excluding carboxylic acids is 1. The van der Waals surface area contributed by atoms with Crippen LogP contribution in [-0.4, -0.2) is 24.8 Å². The number of hydrogen-bond acceptors (Lipinski definition) is 4. The van der Waals surface area contributed by atoms with Gasteiger partial charge in [-0.25, -0.2) is 9.18 Å². The fraction of sp³-hybridized carbons (Fsp3) is 0.533. The van der Waals surface area contributed by atoms with Crippen molar-refractivity contribution < 1.29 is 18.7 Å². The molecule has 1 rings (SSSR count). The van der Waals surface area contributed by atoms with E-state index in [1.165, 1.54) is 12.1 Å². The van der Waals surface area contributed by atoms with Gasteiger partial charge in [0, 0.05) is 12.6 Å². The highest BCUT2D eigenvalue weighted by Crippen LogP contribution is 2.21. The maximum atomic E-state index is 13.7. The van der Waals surface area contributed by atoms with Crippen molar-refractivity contribution in [2.75, 3.05) is 13.2 Å². The minimum Gasteiger partial charge on any atom is -0.491 e. The number of ether oxygens (including phenoxy) is 2. The summed E-state index contributed by atoms with van der Waals surface area (Å²) in [6.45, 7) is 7.64. The van der Waals surface area contributed by atoms with Gasteiger partial charge >= 0.3 is 6.09 Å². The van der Waals surface area contributed by atoms with Crippen LogP contribution in [0, 0.1) is 5.82 Å². The predicted octanol–water partition coefficient (Wildman–Crippen LogP) is 2.75. The van der Waals surface area contributed by atoms with Crippen molar-refractivity contribution in [3.8, 4) is 5.75 Å². The van der Waals surface area contributed by atoms with Gasteiger partial charge in [0.15, 0.2) is 11.6 Å². The summed E-state index contributed by atoms with van der Waals surface area (Å²) in [7, 11) is 0. The number of halogens is 1. The largest absolute Gasteiger partial charge is 0.491 e. The summed E-state index contributed by atoms with van der Waals surface area (Å²) >= 11 is 0. The molecule has 6 heteroatoms. The number of carbonyl (C=O) groups is 1. The minimum absolute atomic E-state index is 0.155. The number of benzene rings is 1. The second-order valence-corrected chi connectivity index (χ2v) is 5.61. The monoisotopic (exact) mass is 298 g/mol. The molecule has 0 aliphatic rings. The average Bonchev–Trinajstić information content (AvgIpc) is 2.36. The number of nitrogens with one attached hydrogen (secondary N) is 1. The molecule has 0 aliphatic carbocycles. The lowest BCUT2D eigenvalue weighted by molar-refractivity contribution is 0.0524. The molecule has 0 spiro atoms. The Morgan fingerprint density at radius 2 is 2.10 bits per heavy atom. The van der Waals surface area contributed by atoms with Crippen LogP contribution in [0.25, 0.3) is 0 Å². The van der Waals surface area contributed by atoms with E-state index in [1.54, 1.807) is 33.8 Å². The van der Waals surface area contributed by atoms with Crippen molar-refractivity contribution in [1.29, 1.82) is 0 Å². The van der Waals surface area contributed by atoms with Crippen LogP contribution in [0.1, 0.15) is 39.3 Å². The number of hydrogen-bond donors (Lipinski definition) is 2. The lowest BCUT2D eigenvalue weighted by Crippen LogP contribution is -2.36. The zero-order valence-electron chi connectivity index (χ0n) is 12.9. The molecule has 3 N–H and O–H groups in total. The fourth-order valence-electron chi connectivity index (χ4n) is 1.65. The molecular weight excluding hydrogens is 275 g/mol. The topological polar surface area (TPSA) is 73.6 Å². The summed E-state index contributed by atoms with van der Waals surface area (Å²) in [4.78, 5) is 11.5. The van der Waals surface area contributed by atoms with Crippen LogP contribution in [0.4, 0.5) is 9.18 Å². The van der Waals surface area contributed by atoms with E-state index >= 15 is 0 Å². The second-order valence-electron chi connectivity index (χ2n) is 5.61. The number of rotatable bonds is 5. The first-order valence-electron chi connectivity index (χ1n) is 6.87. The first-order valence-corrected chi connectivity index (χ1v) is 6.87. The van der Waals surface area contributed by atoms with Crippen molar-refractivity contribution in [1.82, 2.24) is 5.32 Å². The molecule has 0 saturated heterocycles. The SMILES string of the molecule is CCOc1ccc(C(N)CNC(=O)OC(C)(C)C)cc1F. The zero-order chi connectivity index (χ0) is 16.0. The number of nitrogens with two attached hydrogens (primary N) is 1. The molecule has 1 unspecified atom stereocenters. The predicted molar refractivity (Wildman–Crippen MR) is 78.7 cm³/mol. The van der Waals surface area contributed by atoms with E-state index < -0.39 is 23.6 Å². The second kappa shape index (κ2) is 7.26. The third-order valence-electron chi connectivity index (χ3n) is 2.55. The number of amides is 1. The highest BCUT2D eigenvalue weighted by Gasteiger charge is 2.17. The smallest absolute Gasteiger partial charge is 0.407 e. The average molecular weight is 298 g/mol. The van der Waals surface area contributed by atoms with Gasteiger partial charge in [-0.05, 0) is 45.4 Å². The highest BCUT2D eigenvalue weighted by atomic mass is 19.1. The zero-order valence-corrected chi connectivity index (χ0v) is 12.9. The molecule has 0 saturated carbocycles. The molecule has 0 aliphatic heterocycles. The van der Waals surface area contributed by atoms with E-state index in [0.29, 0.717) is 12.2 Å². The van der Waals surface area contributed by atoms with Crippen LogP contribution >= 0.6 is 0 Å². The summed E-state index contributed by atoms with van der Waals surface area (Å²) in [6, 6.07) is 3.99. The fourth-order valence-corrected chi connectivity index (χ4v) is 1.65. The van der Waals surface area contributed by atoms with E-state index in [0.717, 1.165) is 0 Å².